The summed E-state index contributed by atoms with van der Waals surface area (Å²) in [6.07, 6.45) is 3.64. The summed E-state index contributed by atoms with van der Waals surface area (Å²) in [5.74, 6) is 0.507. The number of piperazine rings is 1. The second-order valence-corrected chi connectivity index (χ2v) is 7.90. The average molecular weight is 378 g/mol. The Labute approximate surface area is 168 Å². The molecule has 0 aromatic heterocycles. The quantitative estimate of drug-likeness (QED) is 0.621. The van der Waals surface area contributed by atoms with Crippen LogP contribution in [0.25, 0.3) is 0 Å². The number of nitrogens with zero attached hydrogens (tertiary/aromatic N) is 3. The van der Waals surface area contributed by atoms with Crippen LogP contribution >= 0.6 is 0 Å². The molecule has 1 atom stereocenters. The summed E-state index contributed by atoms with van der Waals surface area (Å²) >= 11 is 0. The number of para-hydroxylation sites is 1. The zero-order valence-electron chi connectivity index (χ0n) is 16.8. The van der Waals surface area contributed by atoms with Gasteiger partial charge in [-0.2, -0.15) is 0 Å². The Bertz CT molecular complexity index is 809. The van der Waals surface area contributed by atoms with Crippen LogP contribution in [0, 0.1) is 0 Å². The Hall–Kier alpha value is -2.53. The third kappa shape index (κ3) is 4.47. The van der Waals surface area contributed by atoms with E-state index in [1.165, 1.54) is 36.1 Å². The molecule has 0 bridgehead atoms. The zero-order valence-corrected chi connectivity index (χ0v) is 16.8. The predicted molar refractivity (Wildman–Crippen MR) is 118 cm³/mol. The summed E-state index contributed by atoms with van der Waals surface area (Å²) in [6.45, 7) is 7.19. The maximum Gasteiger partial charge on any atom is 0.193 e. The molecule has 0 radical (unpaired) electrons. The topological polar surface area (TPSA) is 56.9 Å². The number of nitrogens with one attached hydrogen (secondary N) is 1. The van der Waals surface area contributed by atoms with E-state index in [1.54, 1.807) is 0 Å². The van der Waals surface area contributed by atoms with Crippen molar-refractivity contribution >= 4 is 17.3 Å². The lowest BCUT2D eigenvalue weighted by molar-refractivity contribution is 0.201. The van der Waals surface area contributed by atoms with Crippen LogP contribution in [0.4, 0.5) is 11.4 Å². The van der Waals surface area contributed by atoms with Gasteiger partial charge in [-0.1, -0.05) is 24.3 Å². The minimum atomic E-state index is 0.387. The van der Waals surface area contributed by atoms with E-state index < -0.39 is 0 Å². The van der Waals surface area contributed by atoms with E-state index in [-0.39, 0.29) is 0 Å². The van der Waals surface area contributed by atoms with Crippen molar-refractivity contribution in [3.05, 3.63) is 59.7 Å². The number of hydrogen-bond donors (Lipinski definition) is 2. The van der Waals surface area contributed by atoms with E-state index in [1.807, 2.05) is 0 Å². The van der Waals surface area contributed by atoms with Crippen LogP contribution in [-0.4, -0.2) is 49.6 Å². The molecule has 1 heterocycles. The third-order valence-corrected chi connectivity index (χ3v) is 5.96. The van der Waals surface area contributed by atoms with Gasteiger partial charge in [-0.15, -0.1) is 0 Å². The molecule has 4 rings (SSSR count). The number of aryl methyl sites for hydroxylation is 2. The molecule has 2 aromatic carbocycles. The number of anilines is 2. The second kappa shape index (κ2) is 8.65. The summed E-state index contributed by atoms with van der Waals surface area (Å²) in [5.41, 5.74) is 11.4. The number of rotatable bonds is 5. The molecule has 0 amide bonds. The molecule has 5 heteroatoms. The number of guanidine groups is 1. The minimum Gasteiger partial charge on any atom is -0.370 e. The molecule has 0 spiro atoms. The highest BCUT2D eigenvalue weighted by Gasteiger charge is 2.21. The first-order valence-electron chi connectivity index (χ1n) is 10.4. The first-order valence-corrected chi connectivity index (χ1v) is 10.4. The van der Waals surface area contributed by atoms with Crippen molar-refractivity contribution < 1.29 is 0 Å². The first kappa shape index (κ1) is 18.8. The Morgan fingerprint density at radius 3 is 2.57 bits per heavy atom. The monoisotopic (exact) mass is 377 g/mol. The van der Waals surface area contributed by atoms with Crippen LogP contribution < -0.4 is 16.0 Å². The SMILES string of the molecule is CC(CN=C(N)Nc1ccc2c(c1)CCC2)N1CCN(c2ccccc2)CC1. The van der Waals surface area contributed by atoms with Gasteiger partial charge >= 0.3 is 0 Å². The Morgan fingerprint density at radius 2 is 1.79 bits per heavy atom. The van der Waals surface area contributed by atoms with Crippen LogP contribution in [0.1, 0.15) is 24.5 Å². The second-order valence-electron chi connectivity index (χ2n) is 7.90. The summed E-state index contributed by atoms with van der Waals surface area (Å²) in [5, 5.41) is 3.26. The van der Waals surface area contributed by atoms with E-state index in [4.69, 9.17) is 5.73 Å². The highest BCUT2D eigenvalue weighted by molar-refractivity contribution is 5.92. The molecule has 3 N–H and O–H groups in total. The molecule has 148 valence electrons. The average Bonchev–Trinajstić information content (AvgIpc) is 3.21. The van der Waals surface area contributed by atoms with Crippen molar-refractivity contribution in [3.63, 3.8) is 0 Å². The molecule has 1 saturated heterocycles. The number of aliphatic imine (C=N–C) groups is 1. The van der Waals surface area contributed by atoms with Crippen molar-refractivity contribution in [1.82, 2.24) is 4.90 Å². The lowest BCUT2D eigenvalue weighted by Gasteiger charge is -2.38. The van der Waals surface area contributed by atoms with Gasteiger partial charge in [0.2, 0.25) is 0 Å². The van der Waals surface area contributed by atoms with E-state index in [9.17, 15) is 0 Å². The van der Waals surface area contributed by atoms with Crippen molar-refractivity contribution in [3.8, 4) is 0 Å². The highest BCUT2D eigenvalue weighted by Crippen LogP contribution is 2.24. The standard InChI is InChI=1S/C23H31N5/c1-18(27-12-14-28(15-13-27)22-8-3-2-4-9-22)17-25-23(24)26-21-11-10-19-6-5-7-20(19)16-21/h2-4,8-11,16,18H,5-7,12-15,17H2,1H3,(H3,24,25,26). The molecular weight excluding hydrogens is 346 g/mol. The summed E-state index contributed by atoms with van der Waals surface area (Å²) < 4.78 is 0. The maximum absolute atomic E-state index is 6.14. The van der Waals surface area contributed by atoms with Crippen molar-refractivity contribution in [2.24, 2.45) is 10.7 Å². The van der Waals surface area contributed by atoms with Crippen LogP contribution in [0.2, 0.25) is 0 Å². The van der Waals surface area contributed by atoms with Gasteiger partial charge in [-0.05, 0) is 61.6 Å². The lowest BCUT2D eigenvalue weighted by atomic mass is 10.1. The van der Waals surface area contributed by atoms with E-state index in [0.29, 0.717) is 12.0 Å². The molecular formula is C23H31N5. The van der Waals surface area contributed by atoms with Crippen LogP contribution in [0.15, 0.2) is 53.5 Å². The third-order valence-electron chi connectivity index (χ3n) is 5.96. The van der Waals surface area contributed by atoms with Gasteiger partial charge in [-0.25, -0.2) is 0 Å². The van der Waals surface area contributed by atoms with Gasteiger partial charge in [0.1, 0.15) is 0 Å². The molecule has 1 unspecified atom stereocenters. The van der Waals surface area contributed by atoms with Crippen molar-refractivity contribution in [2.75, 3.05) is 42.9 Å². The number of benzene rings is 2. The van der Waals surface area contributed by atoms with Gasteiger partial charge in [0.05, 0.1) is 6.54 Å². The highest BCUT2D eigenvalue weighted by atomic mass is 15.3. The normalized spacial score (nSPS) is 18.8. The van der Waals surface area contributed by atoms with Gasteiger partial charge in [0.25, 0.3) is 0 Å². The first-order chi connectivity index (χ1) is 13.7. The van der Waals surface area contributed by atoms with E-state index >= 15 is 0 Å². The van der Waals surface area contributed by atoms with Crippen LogP contribution in [-0.2, 0) is 12.8 Å². The van der Waals surface area contributed by atoms with Gasteiger partial charge in [-0.3, -0.25) is 9.89 Å². The molecule has 2 aliphatic rings. The molecule has 1 fully saturated rings. The summed E-state index contributed by atoms with van der Waals surface area (Å²) in [6, 6.07) is 17.6. The molecule has 5 nitrogen and oxygen atoms in total. The number of fused-ring (bicyclic) bond motifs is 1. The summed E-state index contributed by atoms with van der Waals surface area (Å²) in [4.78, 5) is 9.55. The van der Waals surface area contributed by atoms with Gasteiger partial charge in [0, 0.05) is 43.6 Å². The van der Waals surface area contributed by atoms with Gasteiger partial charge < -0.3 is 16.0 Å². The van der Waals surface area contributed by atoms with Crippen molar-refractivity contribution in [1.29, 1.82) is 0 Å². The smallest absolute Gasteiger partial charge is 0.193 e. The molecule has 1 aliphatic carbocycles. The van der Waals surface area contributed by atoms with Crippen LogP contribution in [0.3, 0.4) is 0 Å². The fourth-order valence-electron chi connectivity index (χ4n) is 4.24. The minimum absolute atomic E-state index is 0.387. The zero-order chi connectivity index (χ0) is 19.3. The Balaban J connectivity index is 1.26. The molecule has 0 saturated carbocycles. The molecule has 1 aliphatic heterocycles. The Kier molecular flexibility index (Phi) is 5.81. The van der Waals surface area contributed by atoms with Gasteiger partial charge in [0.15, 0.2) is 5.96 Å². The Morgan fingerprint density at radius 1 is 1.04 bits per heavy atom. The van der Waals surface area contributed by atoms with E-state index in [0.717, 1.165) is 38.4 Å². The largest absolute Gasteiger partial charge is 0.370 e. The predicted octanol–water partition coefficient (Wildman–Crippen LogP) is 3.11. The fourth-order valence-corrected chi connectivity index (χ4v) is 4.24. The summed E-state index contributed by atoms with van der Waals surface area (Å²) in [7, 11) is 0. The van der Waals surface area contributed by atoms with E-state index in [2.05, 4.69) is 75.6 Å². The van der Waals surface area contributed by atoms with Crippen LogP contribution in [0.5, 0.6) is 0 Å². The molecule has 2 aromatic rings. The lowest BCUT2D eigenvalue weighted by Crippen LogP contribution is -2.50. The fraction of sp³-hybridized carbons (Fsp3) is 0.435. The number of hydrogen-bond acceptors (Lipinski definition) is 3. The number of nitrogens with two attached hydrogens (primary N) is 1. The molecule has 28 heavy (non-hydrogen) atoms. The maximum atomic E-state index is 6.14. The van der Waals surface area contributed by atoms with Crippen molar-refractivity contribution in [2.45, 2.75) is 32.2 Å².